The second-order valence-corrected chi connectivity index (χ2v) is 4.60. The van der Waals surface area contributed by atoms with Crippen molar-refractivity contribution in [3.8, 4) is 0 Å². The molecular weight excluding hydrogens is 202 g/mol. The lowest BCUT2D eigenvalue weighted by molar-refractivity contribution is -0.124. The van der Waals surface area contributed by atoms with Crippen LogP contribution in [-0.2, 0) is 9.53 Å². The Hall–Kier alpha value is -1.35. The number of methoxy groups -OCH3 is 1. The Morgan fingerprint density at radius 1 is 1.31 bits per heavy atom. The molecule has 3 rings (SSSR count). The predicted octanol–water partition coefficient (Wildman–Crippen LogP) is 1.75. The van der Waals surface area contributed by atoms with Crippen molar-refractivity contribution in [2.45, 2.75) is 30.9 Å². The summed E-state index contributed by atoms with van der Waals surface area (Å²) in [6.07, 6.45) is 1.45. The third-order valence-electron chi connectivity index (χ3n) is 3.73. The zero-order chi connectivity index (χ0) is 11.1. The van der Waals surface area contributed by atoms with E-state index in [2.05, 4.69) is 29.6 Å². The molecule has 1 aromatic rings. The van der Waals surface area contributed by atoms with E-state index >= 15 is 0 Å². The van der Waals surface area contributed by atoms with E-state index in [-0.39, 0.29) is 12.1 Å². The summed E-state index contributed by atoms with van der Waals surface area (Å²) in [5.41, 5.74) is 2.68. The summed E-state index contributed by atoms with van der Waals surface area (Å²) in [6, 6.07) is 8.41. The number of rotatable bonds is 1. The average Bonchev–Trinajstić information content (AvgIpc) is 2.54. The molecule has 3 atom stereocenters. The normalized spacial score (nSPS) is 31.8. The lowest BCUT2D eigenvalue weighted by Gasteiger charge is -2.23. The molecule has 1 aliphatic heterocycles. The number of carbonyl (C=O) groups is 1. The highest BCUT2D eigenvalue weighted by Gasteiger charge is 2.40. The van der Waals surface area contributed by atoms with Crippen LogP contribution >= 0.6 is 0 Å². The van der Waals surface area contributed by atoms with Gasteiger partial charge in [0.2, 0.25) is 5.91 Å². The van der Waals surface area contributed by atoms with Gasteiger partial charge in [-0.25, -0.2) is 0 Å². The molecule has 0 saturated carbocycles. The molecule has 3 nitrogen and oxygen atoms in total. The zero-order valence-corrected chi connectivity index (χ0v) is 9.27. The molecule has 1 N–H and O–H groups in total. The van der Waals surface area contributed by atoms with Gasteiger partial charge in [-0.1, -0.05) is 24.3 Å². The summed E-state index contributed by atoms with van der Waals surface area (Å²) in [6.45, 7) is 0. The van der Waals surface area contributed by atoms with Crippen molar-refractivity contribution in [1.82, 2.24) is 5.32 Å². The van der Waals surface area contributed by atoms with Crippen molar-refractivity contribution in [1.29, 1.82) is 0 Å². The molecule has 0 radical (unpaired) electrons. The summed E-state index contributed by atoms with van der Waals surface area (Å²) in [4.78, 5) is 11.7. The Morgan fingerprint density at radius 3 is 2.81 bits per heavy atom. The lowest BCUT2D eigenvalue weighted by Crippen LogP contribution is -2.39. The minimum absolute atomic E-state index is 0.105. The molecular formula is C13H15NO2. The minimum Gasteiger partial charge on any atom is -0.361 e. The van der Waals surface area contributed by atoms with E-state index in [1.165, 1.54) is 11.1 Å². The fourth-order valence-electron chi connectivity index (χ4n) is 3.03. The highest BCUT2D eigenvalue weighted by molar-refractivity contribution is 5.78. The number of carbonyl (C=O) groups excluding carboxylic acids is 1. The monoisotopic (exact) mass is 217 g/mol. The SMILES string of the molecule is COC1NC(=O)CC2CC1c1ccccc12. The van der Waals surface area contributed by atoms with Crippen molar-refractivity contribution in [2.24, 2.45) is 0 Å². The molecule has 0 aromatic heterocycles. The first kappa shape index (κ1) is 9.85. The van der Waals surface area contributed by atoms with Gasteiger partial charge in [0, 0.05) is 19.4 Å². The fraction of sp³-hybridized carbons (Fsp3) is 0.462. The number of nitrogens with one attached hydrogen (secondary N) is 1. The van der Waals surface area contributed by atoms with E-state index in [0.717, 1.165) is 6.42 Å². The summed E-state index contributed by atoms with van der Waals surface area (Å²) < 4.78 is 5.40. The molecule has 3 unspecified atom stereocenters. The van der Waals surface area contributed by atoms with Crippen LogP contribution in [0.4, 0.5) is 0 Å². The molecule has 1 aromatic carbocycles. The Bertz CT molecular complexity index is 430. The summed E-state index contributed by atoms with van der Waals surface area (Å²) in [7, 11) is 1.66. The molecule has 1 saturated heterocycles. The third-order valence-corrected chi connectivity index (χ3v) is 3.73. The molecule has 84 valence electrons. The van der Waals surface area contributed by atoms with Crippen LogP contribution in [0.25, 0.3) is 0 Å². The fourth-order valence-corrected chi connectivity index (χ4v) is 3.03. The maximum Gasteiger partial charge on any atom is 0.222 e. The first-order valence-corrected chi connectivity index (χ1v) is 5.70. The van der Waals surface area contributed by atoms with Gasteiger partial charge in [0.1, 0.15) is 6.23 Å². The van der Waals surface area contributed by atoms with Gasteiger partial charge in [-0.05, 0) is 23.5 Å². The van der Waals surface area contributed by atoms with E-state index in [9.17, 15) is 4.79 Å². The molecule has 1 fully saturated rings. The van der Waals surface area contributed by atoms with E-state index in [4.69, 9.17) is 4.74 Å². The van der Waals surface area contributed by atoms with Crippen LogP contribution in [0, 0.1) is 0 Å². The maximum absolute atomic E-state index is 11.7. The highest BCUT2D eigenvalue weighted by Crippen LogP contribution is 2.46. The molecule has 2 bridgehead atoms. The molecule has 16 heavy (non-hydrogen) atoms. The first-order valence-electron chi connectivity index (χ1n) is 5.70. The van der Waals surface area contributed by atoms with Crippen LogP contribution in [0.5, 0.6) is 0 Å². The van der Waals surface area contributed by atoms with Gasteiger partial charge in [-0.15, -0.1) is 0 Å². The largest absolute Gasteiger partial charge is 0.361 e. The summed E-state index contributed by atoms with van der Waals surface area (Å²) in [5.74, 6) is 0.799. The Morgan fingerprint density at radius 2 is 2.06 bits per heavy atom. The van der Waals surface area contributed by atoms with E-state index in [1.54, 1.807) is 7.11 Å². The van der Waals surface area contributed by atoms with Gasteiger partial charge in [-0.3, -0.25) is 4.79 Å². The number of hydrogen-bond acceptors (Lipinski definition) is 2. The van der Waals surface area contributed by atoms with Crippen LogP contribution < -0.4 is 5.32 Å². The quantitative estimate of drug-likeness (QED) is 0.778. The number of fused-ring (bicyclic) bond motifs is 5. The number of benzene rings is 1. The van der Waals surface area contributed by atoms with Crippen LogP contribution in [0.3, 0.4) is 0 Å². The standard InChI is InChI=1S/C13H15NO2/c1-16-13-11-6-8(7-12(15)14-13)9-4-2-3-5-10(9)11/h2-5,8,11,13H,6-7H2,1H3,(H,14,15). The molecule has 1 amide bonds. The minimum atomic E-state index is -0.166. The molecule has 2 aliphatic rings. The van der Waals surface area contributed by atoms with E-state index in [0.29, 0.717) is 18.3 Å². The molecule has 1 aliphatic carbocycles. The van der Waals surface area contributed by atoms with Crippen LogP contribution in [-0.4, -0.2) is 19.2 Å². The number of hydrogen-bond donors (Lipinski definition) is 1. The Kier molecular flexibility index (Phi) is 2.21. The van der Waals surface area contributed by atoms with Gasteiger partial charge in [0.05, 0.1) is 0 Å². The van der Waals surface area contributed by atoms with Gasteiger partial charge in [0.25, 0.3) is 0 Å². The zero-order valence-electron chi connectivity index (χ0n) is 9.27. The van der Waals surface area contributed by atoms with Gasteiger partial charge in [0.15, 0.2) is 0 Å². The van der Waals surface area contributed by atoms with Crippen molar-refractivity contribution >= 4 is 5.91 Å². The van der Waals surface area contributed by atoms with Crippen molar-refractivity contribution < 1.29 is 9.53 Å². The lowest BCUT2D eigenvalue weighted by atomic mass is 9.97. The summed E-state index contributed by atoms with van der Waals surface area (Å²) >= 11 is 0. The Balaban J connectivity index is 2.07. The molecule has 1 heterocycles. The van der Waals surface area contributed by atoms with E-state index in [1.807, 2.05) is 0 Å². The van der Waals surface area contributed by atoms with Gasteiger partial charge < -0.3 is 10.1 Å². The molecule has 0 spiro atoms. The topological polar surface area (TPSA) is 38.3 Å². The van der Waals surface area contributed by atoms with Gasteiger partial charge >= 0.3 is 0 Å². The number of ether oxygens (including phenoxy) is 1. The van der Waals surface area contributed by atoms with Crippen LogP contribution in [0.2, 0.25) is 0 Å². The van der Waals surface area contributed by atoms with E-state index < -0.39 is 0 Å². The third kappa shape index (κ3) is 1.35. The smallest absolute Gasteiger partial charge is 0.222 e. The van der Waals surface area contributed by atoms with Crippen LogP contribution in [0.1, 0.15) is 35.8 Å². The van der Waals surface area contributed by atoms with Crippen LogP contribution in [0.15, 0.2) is 24.3 Å². The van der Waals surface area contributed by atoms with Crippen molar-refractivity contribution in [3.05, 3.63) is 35.4 Å². The molecule has 3 heteroatoms. The average molecular weight is 217 g/mol. The maximum atomic E-state index is 11.7. The second kappa shape index (κ2) is 3.59. The van der Waals surface area contributed by atoms with Crippen molar-refractivity contribution in [3.63, 3.8) is 0 Å². The van der Waals surface area contributed by atoms with Gasteiger partial charge in [-0.2, -0.15) is 0 Å². The Labute approximate surface area is 94.8 Å². The highest BCUT2D eigenvalue weighted by atomic mass is 16.5. The number of amides is 1. The first-order chi connectivity index (χ1) is 7.79. The predicted molar refractivity (Wildman–Crippen MR) is 60.1 cm³/mol. The second-order valence-electron chi connectivity index (χ2n) is 4.60. The van der Waals surface area contributed by atoms with Crippen molar-refractivity contribution in [2.75, 3.05) is 7.11 Å². The summed E-state index contributed by atoms with van der Waals surface area (Å²) in [5, 5.41) is 2.94.